The first-order valence-electron chi connectivity index (χ1n) is 16.0. The summed E-state index contributed by atoms with van der Waals surface area (Å²) >= 11 is 0. The fraction of sp³-hybridized carbons (Fsp3) is 0.459. The predicted octanol–water partition coefficient (Wildman–Crippen LogP) is 6.55. The highest BCUT2D eigenvalue weighted by atomic mass is 16.5. The van der Waals surface area contributed by atoms with Crippen LogP contribution >= 0.6 is 0 Å². The van der Waals surface area contributed by atoms with Gasteiger partial charge in [-0.3, -0.25) is 9.59 Å². The number of rotatable bonds is 15. The molecule has 8 nitrogen and oxygen atoms in total. The lowest BCUT2D eigenvalue weighted by Crippen LogP contribution is -2.37. The monoisotopic (exact) mass is 616 g/mol. The maximum atomic E-state index is 13.7. The van der Waals surface area contributed by atoms with Gasteiger partial charge in [0.25, 0.3) is 0 Å². The molecule has 242 valence electrons. The lowest BCUT2D eigenvalue weighted by atomic mass is 9.92. The number of nitrogens with one attached hydrogen (secondary N) is 1. The normalized spacial score (nSPS) is 16.4. The van der Waals surface area contributed by atoms with Crippen molar-refractivity contribution in [1.82, 2.24) is 10.2 Å². The standard InChI is InChI=1S/C37H48N2O6/c1-24(2)43-30-13-8-27(9-14-30)18-20-38-37(41)32-23-35(40)39(21-19-28-10-15-31(16-11-28)44-25(3)4)36(32)29-12-17-33(45-26(5)6)34(22-29)42-7/h8-17,22,24-26,32,36H,18-21,23H2,1-7H3,(H,38,41)/t32-,36+/m0/s1. The zero-order chi connectivity index (χ0) is 32.5. The van der Waals surface area contributed by atoms with E-state index in [-0.39, 0.29) is 36.5 Å². The maximum Gasteiger partial charge on any atom is 0.226 e. The van der Waals surface area contributed by atoms with Gasteiger partial charge in [0.1, 0.15) is 11.5 Å². The number of methoxy groups -OCH3 is 1. The minimum atomic E-state index is -0.539. The van der Waals surface area contributed by atoms with E-state index >= 15 is 0 Å². The number of hydrogen-bond acceptors (Lipinski definition) is 6. The van der Waals surface area contributed by atoms with E-state index in [1.807, 2.05) is 113 Å². The molecule has 1 heterocycles. The van der Waals surface area contributed by atoms with E-state index in [4.69, 9.17) is 18.9 Å². The van der Waals surface area contributed by atoms with Gasteiger partial charge in [-0.05, 0) is 107 Å². The van der Waals surface area contributed by atoms with Crippen molar-refractivity contribution in [2.45, 2.75) is 85.2 Å². The first-order valence-corrected chi connectivity index (χ1v) is 16.0. The molecule has 3 aromatic rings. The molecule has 3 aromatic carbocycles. The highest BCUT2D eigenvalue weighted by Crippen LogP contribution is 2.41. The van der Waals surface area contributed by atoms with E-state index in [1.54, 1.807) is 7.11 Å². The number of amides is 2. The van der Waals surface area contributed by atoms with Gasteiger partial charge in [0.2, 0.25) is 11.8 Å². The minimum Gasteiger partial charge on any atom is -0.493 e. The van der Waals surface area contributed by atoms with Crippen LogP contribution in [0.5, 0.6) is 23.0 Å². The third kappa shape index (κ3) is 9.40. The summed E-state index contributed by atoms with van der Waals surface area (Å²) in [4.78, 5) is 29.0. The molecule has 4 rings (SSSR count). The molecule has 2 amide bonds. The van der Waals surface area contributed by atoms with Gasteiger partial charge in [-0.15, -0.1) is 0 Å². The van der Waals surface area contributed by atoms with E-state index in [2.05, 4.69) is 5.32 Å². The summed E-state index contributed by atoms with van der Waals surface area (Å²) in [6.07, 6.45) is 1.66. The molecule has 0 spiro atoms. The molecule has 45 heavy (non-hydrogen) atoms. The van der Waals surface area contributed by atoms with Gasteiger partial charge in [-0.2, -0.15) is 0 Å². The zero-order valence-electron chi connectivity index (χ0n) is 27.7. The van der Waals surface area contributed by atoms with Crippen LogP contribution in [0.3, 0.4) is 0 Å². The first kappa shape index (κ1) is 33.7. The average molecular weight is 617 g/mol. The molecule has 0 aromatic heterocycles. The lowest BCUT2D eigenvalue weighted by molar-refractivity contribution is -0.129. The van der Waals surface area contributed by atoms with Crippen LogP contribution < -0.4 is 24.3 Å². The number of nitrogens with zero attached hydrogens (tertiary/aromatic N) is 1. The first-order chi connectivity index (χ1) is 21.5. The Morgan fingerprint density at radius 1 is 0.778 bits per heavy atom. The van der Waals surface area contributed by atoms with Gasteiger partial charge in [0.15, 0.2) is 11.5 Å². The highest BCUT2D eigenvalue weighted by Gasteiger charge is 2.44. The topological polar surface area (TPSA) is 86.3 Å². The summed E-state index contributed by atoms with van der Waals surface area (Å²) in [5.41, 5.74) is 3.03. The fourth-order valence-electron chi connectivity index (χ4n) is 5.65. The molecule has 0 aliphatic carbocycles. The van der Waals surface area contributed by atoms with Gasteiger partial charge in [-0.1, -0.05) is 30.3 Å². The Morgan fingerprint density at radius 2 is 1.33 bits per heavy atom. The van der Waals surface area contributed by atoms with Crippen LogP contribution in [-0.4, -0.2) is 55.2 Å². The Bertz CT molecular complexity index is 1400. The van der Waals surface area contributed by atoms with E-state index < -0.39 is 12.0 Å². The lowest BCUT2D eigenvalue weighted by Gasteiger charge is -2.29. The second-order valence-electron chi connectivity index (χ2n) is 12.3. The molecule has 1 fully saturated rings. The Labute approximate surface area is 268 Å². The minimum absolute atomic E-state index is 0.0240. The maximum absolute atomic E-state index is 13.7. The largest absolute Gasteiger partial charge is 0.493 e. The van der Waals surface area contributed by atoms with Gasteiger partial charge >= 0.3 is 0 Å². The van der Waals surface area contributed by atoms with Crippen molar-refractivity contribution < 1.29 is 28.5 Å². The van der Waals surface area contributed by atoms with Gasteiger partial charge in [-0.25, -0.2) is 0 Å². The van der Waals surface area contributed by atoms with Gasteiger partial charge < -0.3 is 29.2 Å². The molecule has 0 bridgehead atoms. The van der Waals surface area contributed by atoms with Crippen LogP contribution in [0, 0.1) is 5.92 Å². The molecule has 8 heteroatoms. The van der Waals surface area contributed by atoms with Crippen molar-refractivity contribution in [3.8, 4) is 23.0 Å². The number of hydrogen-bond donors (Lipinski definition) is 1. The molecule has 1 aliphatic heterocycles. The quantitative estimate of drug-likeness (QED) is 0.209. The Morgan fingerprint density at radius 3 is 1.87 bits per heavy atom. The van der Waals surface area contributed by atoms with Crippen LogP contribution in [0.2, 0.25) is 0 Å². The Balaban J connectivity index is 1.51. The van der Waals surface area contributed by atoms with E-state index in [1.165, 1.54) is 0 Å². The molecule has 1 saturated heterocycles. The van der Waals surface area contributed by atoms with Crippen molar-refractivity contribution in [1.29, 1.82) is 0 Å². The number of benzene rings is 3. The summed E-state index contributed by atoms with van der Waals surface area (Å²) in [5, 5.41) is 3.10. The molecule has 0 unspecified atom stereocenters. The molecule has 1 N–H and O–H groups in total. The highest BCUT2D eigenvalue weighted by molar-refractivity contribution is 5.90. The van der Waals surface area contributed by atoms with Crippen molar-refractivity contribution >= 4 is 11.8 Å². The van der Waals surface area contributed by atoms with E-state index in [9.17, 15) is 9.59 Å². The second kappa shape index (κ2) is 15.7. The van der Waals surface area contributed by atoms with Crippen molar-refractivity contribution in [3.05, 3.63) is 83.4 Å². The average Bonchev–Trinajstić information content (AvgIpc) is 3.33. The molecule has 0 radical (unpaired) electrons. The summed E-state index contributed by atoms with van der Waals surface area (Å²) in [7, 11) is 1.60. The number of likely N-dealkylation sites (tertiary alicyclic amines) is 1. The Kier molecular flexibility index (Phi) is 11.7. The molecule has 2 atom stereocenters. The molecule has 1 aliphatic rings. The van der Waals surface area contributed by atoms with Crippen LogP contribution in [0.15, 0.2) is 66.7 Å². The smallest absolute Gasteiger partial charge is 0.226 e. The summed E-state index contributed by atoms with van der Waals surface area (Å²) < 4.78 is 23.1. The second-order valence-corrected chi connectivity index (χ2v) is 12.3. The number of carbonyl (C=O) groups excluding carboxylic acids is 2. The summed E-state index contributed by atoms with van der Waals surface area (Å²) in [5.74, 6) is 2.13. The predicted molar refractivity (Wildman–Crippen MR) is 176 cm³/mol. The third-order valence-electron chi connectivity index (χ3n) is 7.60. The summed E-state index contributed by atoms with van der Waals surface area (Å²) in [6, 6.07) is 21.2. The molecular weight excluding hydrogens is 568 g/mol. The van der Waals surface area contributed by atoms with Gasteiger partial charge in [0.05, 0.1) is 37.4 Å². The third-order valence-corrected chi connectivity index (χ3v) is 7.60. The molecule has 0 saturated carbocycles. The van der Waals surface area contributed by atoms with E-state index in [0.717, 1.165) is 28.2 Å². The number of ether oxygens (including phenoxy) is 4. The van der Waals surface area contributed by atoms with Gasteiger partial charge in [0, 0.05) is 19.5 Å². The van der Waals surface area contributed by atoms with Crippen molar-refractivity contribution in [3.63, 3.8) is 0 Å². The van der Waals surface area contributed by atoms with Crippen molar-refractivity contribution in [2.24, 2.45) is 5.92 Å². The SMILES string of the molecule is COc1cc([C@@H]2[C@@H](C(=O)NCCc3ccc(OC(C)C)cc3)CC(=O)N2CCc2ccc(OC(C)C)cc2)ccc1OC(C)C. The van der Waals surface area contributed by atoms with Crippen LogP contribution in [0.4, 0.5) is 0 Å². The van der Waals surface area contributed by atoms with Crippen LogP contribution in [0.1, 0.15) is 70.7 Å². The van der Waals surface area contributed by atoms with E-state index in [0.29, 0.717) is 37.4 Å². The fourth-order valence-corrected chi connectivity index (χ4v) is 5.65. The zero-order valence-corrected chi connectivity index (χ0v) is 27.7. The number of carbonyl (C=O) groups is 2. The molecular formula is C37H48N2O6. The summed E-state index contributed by atoms with van der Waals surface area (Å²) in [6.45, 7) is 12.9. The Hall–Kier alpha value is -4.20. The van der Waals surface area contributed by atoms with Crippen LogP contribution in [0.25, 0.3) is 0 Å². The van der Waals surface area contributed by atoms with Crippen molar-refractivity contribution in [2.75, 3.05) is 20.2 Å². The van der Waals surface area contributed by atoms with Crippen LogP contribution in [-0.2, 0) is 22.4 Å².